The lowest BCUT2D eigenvalue weighted by molar-refractivity contribution is 0.105. The van der Waals surface area contributed by atoms with Crippen molar-refractivity contribution >= 4 is 34.5 Å². The molecule has 0 saturated heterocycles. The number of para-hydroxylation sites is 1. The van der Waals surface area contributed by atoms with Gasteiger partial charge in [-0.15, -0.1) is 22.7 Å². The maximum absolute atomic E-state index is 12.3. The minimum absolute atomic E-state index is 0.0135. The van der Waals surface area contributed by atoms with Crippen molar-refractivity contribution in [2.24, 2.45) is 0 Å². The Balaban J connectivity index is 1.73. The zero-order valence-electron chi connectivity index (χ0n) is 13.2. The molecule has 0 spiro atoms. The summed E-state index contributed by atoms with van der Waals surface area (Å²) in [6, 6.07) is 17.7. The number of aromatic nitrogens is 2. The summed E-state index contributed by atoms with van der Waals surface area (Å²) in [5, 5.41) is 8.67. The van der Waals surface area contributed by atoms with Gasteiger partial charge in [-0.05, 0) is 47.2 Å². The van der Waals surface area contributed by atoms with Crippen LogP contribution in [0.15, 0.2) is 77.6 Å². The molecule has 0 aliphatic rings. The molecule has 25 heavy (non-hydrogen) atoms. The highest BCUT2D eigenvalue weighted by Crippen LogP contribution is 2.28. The largest absolute Gasteiger partial charge is 0.288 e. The molecule has 0 atom stereocenters. The third kappa shape index (κ3) is 3.38. The summed E-state index contributed by atoms with van der Waals surface area (Å²) >= 11 is 3.09. The Morgan fingerprint density at radius 2 is 1.76 bits per heavy atom. The first-order valence-electron chi connectivity index (χ1n) is 7.76. The maximum Gasteiger partial charge on any atom is 0.195 e. The molecule has 0 bridgehead atoms. The Morgan fingerprint density at radius 1 is 0.960 bits per heavy atom. The van der Waals surface area contributed by atoms with Gasteiger partial charge in [-0.1, -0.05) is 30.3 Å². The van der Waals surface area contributed by atoms with E-state index >= 15 is 0 Å². The molecule has 0 N–H and O–H groups in total. The van der Waals surface area contributed by atoms with Gasteiger partial charge in [0.2, 0.25) is 0 Å². The average molecular weight is 362 g/mol. The van der Waals surface area contributed by atoms with Crippen LogP contribution in [0, 0.1) is 0 Å². The van der Waals surface area contributed by atoms with Crippen molar-refractivity contribution in [2.75, 3.05) is 0 Å². The smallest absolute Gasteiger partial charge is 0.195 e. The zero-order chi connectivity index (χ0) is 17.1. The fourth-order valence-electron chi connectivity index (χ4n) is 2.49. The Labute approximate surface area is 153 Å². The third-order valence-electron chi connectivity index (χ3n) is 3.70. The molecule has 3 nitrogen and oxygen atoms in total. The van der Waals surface area contributed by atoms with E-state index < -0.39 is 0 Å². The monoisotopic (exact) mass is 362 g/mol. The van der Waals surface area contributed by atoms with E-state index in [0.29, 0.717) is 0 Å². The minimum Gasteiger partial charge on any atom is -0.288 e. The lowest BCUT2D eigenvalue weighted by Gasteiger charge is -1.99. The van der Waals surface area contributed by atoms with Crippen molar-refractivity contribution in [1.82, 2.24) is 9.78 Å². The lowest BCUT2D eigenvalue weighted by Crippen LogP contribution is -1.93. The number of hydrogen-bond donors (Lipinski definition) is 0. The predicted octanol–water partition coefficient (Wildman–Crippen LogP) is 5.56. The number of rotatable bonds is 5. The van der Waals surface area contributed by atoms with Crippen LogP contribution in [0.25, 0.3) is 22.3 Å². The lowest BCUT2D eigenvalue weighted by atomic mass is 10.2. The van der Waals surface area contributed by atoms with Crippen molar-refractivity contribution in [3.63, 3.8) is 0 Å². The van der Waals surface area contributed by atoms with Crippen LogP contribution in [0.5, 0.6) is 0 Å². The van der Waals surface area contributed by atoms with Gasteiger partial charge in [0, 0.05) is 11.8 Å². The van der Waals surface area contributed by atoms with E-state index in [9.17, 15) is 4.79 Å². The molecule has 0 aliphatic carbocycles. The Hall–Kier alpha value is -2.76. The molecule has 1 aromatic carbocycles. The molecule has 0 saturated carbocycles. The van der Waals surface area contributed by atoms with Crippen LogP contribution in [0.1, 0.15) is 15.2 Å². The number of ketones is 1. The van der Waals surface area contributed by atoms with Crippen LogP contribution in [0.3, 0.4) is 0 Å². The standard InChI is InChI=1S/C20H14N2OS2/c23-17(18-8-4-12-24-18)11-10-15-14-22(16-6-2-1-3-7-16)21-20(15)19-9-5-13-25-19/h1-14H/b11-10+. The molecule has 0 radical (unpaired) electrons. The van der Waals surface area contributed by atoms with Gasteiger partial charge in [0.05, 0.1) is 15.4 Å². The summed E-state index contributed by atoms with van der Waals surface area (Å²) in [7, 11) is 0. The maximum atomic E-state index is 12.3. The summed E-state index contributed by atoms with van der Waals surface area (Å²) in [6.07, 6.45) is 5.43. The van der Waals surface area contributed by atoms with E-state index in [1.54, 1.807) is 17.4 Å². The van der Waals surface area contributed by atoms with Gasteiger partial charge in [0.1, 0.15) is 5.69 Å². The van der Waals surface area contributed by atoms with Gasteiger partial charge in [-0.25, -0.2) is 4.68 Å². The molecule has 3 heterocycles. The number of hydrogen-bond acceptors (Lipinski definition) is 4. The minimum atomic E-state index is 0.0135. The van der Waals surface area contributed by atoms with Crippen LogP contribution in [-0.4, -0.2) is 15.6 Å². The number of nitrogens with zero attached hydrogens (tertiary/aromatic N) is 2. The molecule has 3 aromatic heterocycles. The second kappa shape index (κ2) is 7.01. The van der Waals surface area contributed by atoms with Crippen LogP contribution < -0.4 is 0 Å². The van der Waals surface area contributed by atoms with Gasteiger partial charge < -0.3 is 0 Å². The molecule has 4 aromatic rings. The van der Waals surface area contributed by atoms with Crippen LogP contribution in [0.2, 0.25) is 0 Å². The number of carbonyl (C=O) groups excluding carboxylic acids is 1. The van der Waals surface area contributed by atoms with E-state index in [4.69, 9.17) is 5.10 Å². The van der Waals surface area contributed by atoms with Crippen molar-refractivity contribution in [2.45, 2.75) is 0 Å². The van der Waals surface area contributed by atoms with Crippen LogP contribution >= 0.6 is 22.7 Å². The van der Waals surface area contributed by atoms with Gasteiger partial charge >= 0.3 is 0 Å². The summed E-state index contributed by atoms with van der Waals surface area (Å²) in [5.41, 5.74) is 2.80. The molecule has 4 rings (SSSR count). The molecular weight excluding hydrogens is 348 g/mol. The quantitative estimate of drug-likeness (QED) is 0.344. The average Bonchev–Trinajstić information content (AvgIpc) is 3.41. The highest BCUT2D eigenvalue weighted by atomic mass is 32.1. The summed E-state index contributed by atoms with van der Waals surface area (Å²) in [6.45, 7) is 0. The molecule has 0 fully saturated rings. The zero-order valence-corrected chi connectivity index (χ0v) is 14.8. The second-order valence-corrected chi connectivity index (χ2v) is 7.26. The van der Waals surface area contributed by atoms with Crippen molar-refractivity contribution < 1.29 is 4.79 Å². The van der Waals surface area contributed by atoms with Crippen LogP contribution in [-0.2, 0) is 0 Å². The van der Waals surface area contributed by atoms with E-state index in [-0.39, 0.29) is 5.78 Å². The highest BCUT2D eigenvalue weighted by Gasteiger charge is 2.12. The van der Waals surface area contributed by atoms with Gasteiger partial charge in [-0.2, -0.15) is 5.10 Å². The number of allylic oxidation sites excluding steroid dienone is 1. The third-order valence-corrected chi connectivity index (χ3v) is 5.46. The Kier molecular flexibility index (Phi) is 4.41. The number of thiophene rings is 2. The normalized spacial score (nSPS) is 11.2. The Morgan fingerprint density at radius 3 is 2.48 bits per heavy atom. The van der Waals surface area contributed by atoms with E-state index in [1.807, 2.05) is 82.3 Å². The first kappa shape index (κ1) is 15.7. The van der Waals surface area contributed by atoms with E-state index in [2.05, 4.69) is 0 Å². The van der Waals surface area contributed by atoms with Crippen molar-refractivity contribution in [3.05, 3.63) is 88.1 Å². The van der Waals surface area contributed by atoms with E-state index in [1.165, 1.54) is 11.3 Å². The second-order valence-electron chi connectivity index (χ2n) is 5.37. The molecule has 122 valence electrons. The Bertz CT molecular complexity index is 998. The van der Waals surface area contributed by atoms with Gasteiger partial charge in [-0.3, -0.25) is 4.79 Å². The van der Waals surface area contributed by atoms with Crippen molar-refractivity contribution in [3.8, 4) is 16.3 Å². The highest BCUT2D eigenvalue weighted by molar-refractivity contribution is 7.13. The first-order chi connectivity index (χ1) is 12.3. The topological polar surface area (TPSA) is 34.9 Å². The SMILES string of the molecule is O=C(/C=C/c1cn(-c2ccccc2)nc1-c1cccs1)c1cccs1. The summed E-state index contributed by atoms with van der Waals surface area (Å²) < 4.78 is 1.85. The first-order valence-corrected chi connectivity index (χ1v) is 9.52. The fourth-order valence-corrected chi connectivity index (χ4v) is 3.87. The van der Waals surface area contributed by atoms with Gasteiger partial charge in [0.25, 0.3) is 0 Å². The van der Waals surface area contributed by atoms with Crippen LogP contribution in [0.4, 0.5) is 0 Å². The van der Waals surface area contributed by atoms with E-state index in [0.717, 1.165) is 26.7 Å². The molecule has 0 aliphatic heterocycles. The molecule has 0 unspecified atom stereocenters. The summed E-state index contributed by atoms with van der Waals surface area (Å²) in [5.74, 6) is 0.0135. The summed E-state index contributed by atoms with van der Waals surface area (Å²) in [4.78, 5) is 14.1. The van der Waals surface area contributed by atoms with Crippen molar-refractivity contribution in [1.29, 1.82) is 0 Å². The number of carbonyl (C=O) groups is 1. The molecule has 5 heteroatoms. The van der Waals surface area contributed by atoms with Gasteiger partial charge in [0.15, 0.2) is 5.78 Å². The molecular formula is C20H14N2OS2. The fraction of sp³-hybridized carbons (Fsp3) is 0. The molecule has 0 amide bonds. The number of benzene rings is 1. The predicted molar refractivity (Wildman–Crippen MR) is 105 cm³/mol.